The Bertz CT molecular complexity index is 179. The van der Waals surface area contributed by atoms with Crippen LogP contribution < -0.4 is 5.32 Å². The van der Waals surface area contributed by atoms with Gasteiger partial charge in [-0.3, -0.25) is 0 Å². The van der Waals surface area contributed by atoms with Crippen LogP contribution in [-0.2, 0) is 14.2 Å². The highest BCUT2D eigenvalue weighted by Gasteiger charge is 2.19. The second-order valence-electron chi connectivity index (χ2n) is 5.14. The van der Waals surface area contributed by atoms with Gasteiger partial charge >= 0.3 is 0 Å². The van der Waals surface area contributed by atoms with E-state index in [1.165, 1.54) is 0 Å². The smallest absolute Gasteiger partial charge is 0.147 e. The molecule has 1 heterocycles. The summed E-state index contributed by atoms with van der Waals surface area (Å²) in [7, 11) is 1.75. The van der Waals surface area contributed by atoms with Crippen LogP contribution in [-0.4, -0.2) is 46.3 Å². The average Bonchev–Trinajstić information content (AvgIpc) is 2.28. The zero-order valence-electron chi connectivity index (χ0n) is 10.8. The maximum Gasteiger partial charge on any atom is 0.147 e. The standard InChI is InChI=1S/C12H25NO3/c1-12(2,5-7-14-3)9-13-8-11-4-6-15-10-16-11/h11,13H,4-10H2,1-3H3. The number of nitrogens with one attached hydrogen (secondary N) is 1. The lowest BCUT2D eigenvalue weighted by molar-refractivity contribution is -0.137. The van der Waals surface area contributed by atoms with E-state index in [4.69, 9.17) is 14.2 Å². The van der Waals surface area contributed by atoms with E-state index < -0.39 is 0 Å². The molecule has 1 N–H and O–H groups in total. The third-order valence-electron chi connectivity index (χ3n) is 2.93. The summed E-state index contributed by atoms with van der Waals surface area (Å²) in [5.74, 6) is 0. The van der Waals surface area contributed by atoms with Gasteiger partial charge in [0.25, 0.3) is 0 Å². The van der Waals surface area contributed by atoms with Crippen molar-refractivity contribution in [1.29, 1.82) is 0 Å². The first kappa shape index (κ1) is 13.9. The molecular weight excluding hydrogens is 206 g/mol. The predicted molar refractivity (Wildman–Crippen MR) is 63.5 cm³/mol. The fourth-order valence-corrected chi connectivity index (χ4v) is 1.70. The molecule has 1 rings (SSSR count). The van der Waals surface area contributed by atoms with Crippen molar-refractivity contribution in [2.75, 3.05) is 40.2 Å². The Hall–Kier alpha value is -0.160. The number of rotatable bonds is 7. The molecule has 4 heteroatoms. The van der Waals surface area contributed by atoms with Gasteiger partial charge in [-0.05, 0) is 18.3 Å². The number of methoxy groups -OCH3 is 1. The summed E-state index contributed by atoms with van der Waals surface area (Å²) < 4.78 is 15.7. The van der Waals surface area contributed by atoms with Crippen LogP contribution in [0.25, 0.3) is 0 Å². The van der Waals surface area contributed by atoms with Gasteiger partial charge < -0.3 is 19.5 Å². The van der Waals surface area contributed by atoms with Crippen LogP contribution in [0.5, 0.6) is 0 Å². The van der Waals surface area contributed by atoms with E-state index in [1.807, 2.05) is 0 Å². The predicted octanol–water partition coefficient (Wildman–Crippen LogP) is 1.40. The molecular formula is C12H25NO3. The van der Waals surface area contributed by atoms with Gasteiger partial charge in [0.05, 0.1) is 12.7 Å². The Morgan fingerprint density at radius 1 is 1.44 bits per heavy atom. The number of hydrogen-bond donors (Lipinski definition) is 1. The maximum absolute atomic E-state index is 5.46. The largest absolute Gasteiger partial charge is 0.385 e. The van der Waals surface area contributed by atoms with E-state index in [1.54, 1.807) is 7.11 Å². The molecule has 1 unspecified atom stereocenters. The van der Waals surface area contributed by atoms with Crippen LogP contribution in [0.3, 0.4) is 0 Å². The lowest BCUT2D eigenvalue weighted by Crippen LogP contribution is -2.38. The summed E-state index contributed by atoms with van der Waals surface area (Å²) in [6.45, 7) is 8.51. The molecule has 96 valence electrons. The topological polar surface area (TPSA) is 39.7 Å². The molecule has 1 fully saturated rings. The first-order chi connectivity index (χ1) is 7.64. The van der Waals surface area contributed by atoms with Crippen molar-refractivity contribution in [3.05, 3.63) is 0 Å². The summed E-state index contributed by atoms with van der Waals surface area (Å²) in [6.07, 6.45) is 2.38. The zero-order valence-corrected chi connectivity index (χ0v) is 10.8. The lowest BCUT2D eigenvalue weighted by Gasteiger charge is -2.27. The molecule has 0 aromatic carbocycles. The maximum atomic E-state index is 5.46. The highest BCUT2D eigenvalue weighted by atomic mass is 16.7. The van der Waals surface area contributed by atoms with Gasteiger partial charge in [0.2, 0.25) is 0 Å². The van der Waals surface area contributed by atoms with E-state index in [2.05, 4.69) is 19.2 Å². The molecule has 0 saturated carbocycles. The first-order valence-electron chi connectivity index (χ1n) is 6.03. The Morgan fingerprint density at radius 2 is 2.25 bits per heavy atom. The second kappa shape index (κ2) is 7.22. The first-order valence-corrected chi connectivity index (χ1v) is 6.03. The highest BCUT2D eigenvalue weighted by molar-refractivity contribution is 4.73. The Morgan fingerprint density at radius 3 is 2.88 bits per heavy atom. The van der Waals surface area contributed by atoms with Gasteiger partial charge in [-0.25, -0.2) is 0 Å². The van der Waals surface area contributed by atoms with Crippen molar-refractivity contribution in [2.45, 2.75) is 32.8 Å². The molecule has 0 spiro atoms. The quantitative estimate of drug-likeness (QED) is 0.719. The van der Waals surface area contributed by atoms with Crippen LogP contribution in [0, 0.1) is 5.41 Å². The minimum absolute atomic E-state index is 0.279. The van der Waals surface area contributed by atoms with E-state index in [-0.39, 0.29) is 5.41 Å². The minimum atomic E-state index is 0.279. The van der Waals surface area contributed by atoms with Crippen molar-refractivity contribution in [2.24, 2.45) is 5.41 Å². The zero-order chi connectivity index (χ0) is 11.9. The van der Waals surface area contributed by atoms with Gasteiger partial charge in [-0.15, -0.1) is 0 Å². The second-order valence-corrected chi connectivity index (χ2v) is 5.14. The van der Waals surface area contributed by atoms with Crippen molar-refractivity contribution in [3.8, 4) is 0 Å². The van der Waals surface area contributed by atoms with Gasteiger partial charge in [0.1, 0.15) is 6.79 Å². The van der Waals surface area contributed by atoms with Gasteiger partial charge in [-0.2, -0.15) is 0 Å². The molecule has 1 aliphatic heterocycles. The molecule has 0 amide bonds. The van der Waals surface area contributed by atoms with Crippen molar-refractivity contribution in [3.63, 3.8) is 0 Å². The summed E-state index contributed by atoms with van der Waals surface area (Å²) in [6, 6.07) is 0. The van der Waals surface area contributed by atoms with Crippen molar-refractivity contribution < 1.29 is 14.2 Å². The summed E-state index contributed by atoms with van der Waals surface area (Å²) in [4.78, 5) is 0. The molecule has 0 aromatic rings. The third kappa shape index (κ3) is 5.80. The van der Waals surface area contributed by atoms with Crippen LogP contribution in [0.4, 0.5) is 0 Å². The van der Waals surface area contributed by atoms with Gasteiger partial charge in [0.15, 0.2) is 0 Å². The Balaban J connectivity index is 2.08. The summed E-state index contributed by atoms with van der Waals surface area (Å²) >= 11 is 0. The SMILES string of the molecule is COCCC(C)(C)CNCC1CCOCO1. The summed E-state index contributed by atoms with van der Waals surface area (Å²) in [5, 5.41) is 3.47. The molecule has 0 aromatic heterocycles. The third-order valence-corrected chi connectivity index (χ3v) is 2.93. The number of ether oxygens (including phenoxy) is 3. The molecule has 0 aliphatic carbocycles. The Kier molecular flexibility index (Phi) is 6.28. The highest BCUT2D eigenvalue weighted by Crippen LogP contribution is 2.18. The van der Waals surface area contributed by atoms with E-state index in [0.29, 0.717) is 12.9 Å². The Labute approximate surface area is 98.6 Å². The molecule has 4 nitrogen and oxygen atoms in total. The van der Waals surface area contributed by atoms with Crippen molar-refractivity contribution in [1.82, 2.24) is 5.32 Å². The van der Waals surface area contributed by atoms with Crippen LogP contribution in [0.1, 0.15) is 26.7 Å². The molecule has 1 saturated heterocycles. The van der Waals surface area contributed by atoms with Crippen LogP contribution in [0.15, 0.2) is 0 Å². The molecule has 0 radical (unpaired) electrons. The van der Waals surface area contributed by atoms with E-state index >= 15 is 0 Å². The van der Waals surface area contributed by atoms with Crippen LogP contribution in [0.2, 0.25) is 0 Å². The summed E-state index contributed by atoms with van der Waals surface area (Å²) in [5.41, 5.74) is 0.279. The molecule has 0 bridgehead atoms. The van der Waals surface area contributed by atoms with Crippen LogP contribution >= 0.6 is 0 Å². The van der Waals surface area contributed by atoms with Gasteiger partial charge in [-0.1, -0.05) is 13.8 Å². The molecule has 16 heavy (non-hydrogen) atoms. The van der Waals surface area contributed by atoms with E-state index in [0.717, 1.165) is 39.1 Å². The monoisotopic (exact) mass is 231 g/mol. The average molecular weight is 231 g/mol. The molecule has 1 atom stereocenters. The molecule has 1 aliphatic rings. The van der Waals surface area contributed by atoms with E-state index in [9.17, 15) is 0 Å². The minimum Gasteiger partial charge on any atom is -0.385 e. The lowest BCUT2D eigenvalue weighted by atomic mass is 9.89. The normalized spacial score (nSPS) is 22.3. The van der Waals surface area contributed by atoms with Crippen molar-refractivity contribution >= 4 is 0 Å². The van der Waals surface area contributed by atoms with Gasteiger partial charge in [0, 0.05) is 26.8 Å². The fourth-order valence-electron chi connectivity index (χ4n) is 1.70. The number of hydrogen-bond acceptors (Lipinski definition) is 4. The fraction of sp³-hybridized carbons (Fsp3) is 1.00.